The molecule has 7 heteroatoms. The molecule has 1 unspecified atom stereocenters. The number of aliphatic hydroxyl groups is 3. The molecule has 0 saturated carbocycles. The molecule has 1 aliphatic carbocycles. The minimum Gasteiger partial charge on any atom is -0.491 e. The molecule has 4 rings (SSSR count). The zero-order valence-corrected chi connectivity index (χ0v) is 16.8. The highest BCUT2D eigenvalue weighted by atomic mass is 35.5. The quantitative estimate of drug-likeness (QED) is 0.513. The SMILES string of the molecule is CC1(C)c2cc(OC[C@@H](O)C(O)CO)ccc2C(=O)c2c1[nH]c1ccc(Cl)cc21. The maximum atomic E-state index is 13.3. The fourth-order valence-electron chi connectivity index (χ4n) is 3.88. The van der Waals surface area contributed by atoms with Crippen LogP contribution >= 0.6 is 11.6 Å². The predicted molar refractivity (Wildman–Crippen MR) is 110 cm³/mol. The lowest BCUT2D eigenvalue weighted by molar-refractivity contribution is -0.0339. The van der Waals surface area contributed by atoms with Gasteiger partial charge in [-0.15, -0.1) is 0 Å². The average molecular weight is 416 g/mol. The van der Waals surface area contributed by atoms with Gasteiger partial charge in [0, 0.05) is 32.6 Å². The third-order valence-corrected chi connectivity index (χ3v) is 5.81. The van der Waals surface area contributed by atoms with Gasteiger partial charge in [0.1, 0.15) is 24.6 Å². The van der Waals surface area contributed by atoms with Crippen molar-refractivity contribution in [1.29, 1.82) is 0 Å². The highest BCUT2D eigenvalue weighted by Crippen LogP contribution is 2.44. The summed E-state index contributed by atoms with van der Waals surface area (Å²) in [5.74, 6) is 0.390. The second kappa shape index (κ2) is 7.15. The lowest BCUT2D eigenvalue weighted by atomic mass is 9.71. The number of aromatic nitrogens is 1. The molecule has 152 valence electrons. The standard InChI is InChI=1S/C22H22ClNO5/c1-22(2)15-8-12(29-10-18(27)17(26)9-25)4-5-13(15)20(28)19-14-7-11(23)3-6-16(14)24-21(19)22/h3-8,17-18,24-27H,9-10H2,1-2H3/t17?,18-/m1/s1. The number of ether oxygens (including phenoxy) is 1. The predicted octanol–water partition coefficient (Wildman–Crippen LogP) is 2.78. The van der Waals surface area contributed by atoms with E-state index in [-0.39, 0.29) is 12.4 Å². The third kappa shape index (κ3) is 3.22. The largest absolute Gasteiger partial charge is 0.491 e. The second-order valence-electron chi connectivity index (χ2n) is 7.85. The molecule has 0 fully saturated rings. The molecule has 0 saturated heterocycles. The smallest absolute Gasteiger partial charge is 0.195 e. The Balaban J connectivity index is 1.74. The number of fused-ring (bicyclic) bond motifs is 4. The summed E-state index contributed by atoms with van der Waals surface area (Å²) in [5, 5.41) is 29.6. The number of carbonyl (C=O) groups is 1. The van der Waals surface area contributed by atoms with Crippen molar-refractivity contribution in [3.05, 3.63) is 63.8 Å². The van der Waals surface area contributed by atoms with Crippen LogP contribution in [0.2, 0.25) is 5.02 Å². The van der Waals surface area contributed by atoms with Gasteiger partial charge in [0.25, 0.3) is 0 Å². The molecule has 1 heterocycles. The number of rotatable bonds is 5. The molecule has 0 amide bonds. The Bertz CT molecular complexity index is 1100. The van der Waals surface area contributed by atoms with Gasteiger partial charge in [-0.1, -0.05) is 25.4 Å². The van der Waals surface area contributed by atoms with E-state index in [9.17, 15) is 15.0 Å². The number of aromatic amines is 1. The summed E-state index contributed by atoms with van der Waals surface area (Å²) in [5.41, 5.74) is 3.21. The Labute approximate surface area is 172 Å². The first-order valence-corrected chi connectivity index (χ1v) is 9.72. The minimum absolute atomic E-state index is 0.0786. The number of nitrogens with one attached hydrogen (secondary N) is 1. The molecule has 2 atom stereocenters. The molecular weight excluding hydrogens is 394 g/mol. The molecule has 0 aliphatic heterocycles. The van der Waals surface area contributed by atoms with E-state index in [1.807, 2.05) is 19.9 Å². The molecular formula is C22H22ClNO5. The summed E-state index contributed by atoms with van der Waals surface area (Å²) in [6.45, 7) is 3.33. The Morgan fingerprint density at radius 3 is 2.62 bits per heavy atom. The molecule has 3 aromatic rings. The van der Waals surface area contributed by atoms with E-state index in [2.05, 4.69) is 4.98 Å². The van der Waals surface area contributed by atoms with Gasteiger partial charge in [0.2, 0.25) is 0 Å². The van der Waals surface area contributed by atoms with Gasteiger partial charge in [0.05, 0.1) is 12.2 Å². The Kier molecular flexibility index (Phi) is 4.91. The minimum atomic E-state index is -1.27. The number of aliphatic hydroxyl groups excluding tert-OH is 3. The van der Waals surface area contributed by atoms with E-state index in [0.717, 1.165) is 22.2 Å². The monoisotopic (exact) mass is 415 g/mol. The van der Waals surface area contributed by atoms with Crippen LogP contribution in [-0.2, 0) is 5.41 Å². The van der Waals surface area contributed by atoms with Crippen LogP contribution in [0.25, 0.3) is 10.9 Å². The van der Waals surface area contributed by atoms with Crippen LogP contribution in [0.15, 0.2) is 36.4 Å². The van der Waals surface area contributed by atoms with Crippen molar-refractivity contribution in [3.63, 3.8) is 0 Å². The lowest BCUT2D eigenvalue weighted by Gasteiger charge is -2.32. The molecule has 2 aromatic carbocycles. The number of H-pyrrole nitrogens is 1. The maximum Gasteiger partial charge on any atom is 0.195 e. The topological polar surface area (TPSA) is 103 Å². The highest BCUT2D eigenvalue weighted by molar-refractivity contribution is 6.32. The van der Waals surface area contributed by atoms with E-state index in [0.29, 0.717) is 21.9 Å². The van der Waals surface area contributed by atoms with Crippen molar-refractivity contribution in [2.75, 3.05) is 13.2 Å². The zero-order chi connectivity index (χ0) is 20.9. The highest BCUT2D eigenvalue weighted by Gasteiger charge is 2.39. The molecule has 0 bridgehead atoms. The van der Waals surface area contributed by atoms with Gasteiger partial charge in [-0.3, -0.25) is 4.79 Å². The molecule has 0 radical (unpaired) electrons. The van der Waals surface area contributed by atoms with Crippen molar-refractivity contribution in [3.8, 4) is 5.75 Å². The second-order valence-corrected chi connectivity index (χ2v) is 8.29. The number of ketones is 1. The zero-order valence-electron chi connectivity index (χ0n) is 16.1. The first-order valence-electron chi connectivity index (χ1n) is 9.34. The van der Waals surface area contributed by atoms with Crippen LogP contribution in [0.4, 0.5) is 0 Å². The number of halogens is 1. The van der Waals surface area contributed by atoms with Crippen molar-refractivity contribution in [2.45, 2.75) is 31.5 Å². The van der Waals surface area contributed by atoms with Crippen molar-refractivity contribution < 1.29 is 24.9 Å². The van der Waals surface area contributed by atoms with E-state index in [1.165, 1.54) is 0 Å². The molecule has 6 nitrogen and oxygen atoms in total. The van der Waals surface area contributed by atoms with E-state index < -0.39 is 24.2 Å². The molecule has 29 heavy (non-hydrogen) atoms. The Hall–Kier alpha value is -2.38. The summed E-state index contributed by atoms with van der Waals surface area (Å²) in [6.07, 6.45) is -2.48. The van der Waals surface area contributed by atoms with Gasteiger partial charge < -0.3 is 25.0 Å². The van der Waals surface area contributed by atoms with E-state index in [4.69, 9.17) is 21.4 Å². The Morgan fingerprint density at radius 1 is 1.14 bits per heavy atom. The maximum absolute atomic E-state index is 13.3. The lowest BCUT2D eigenvalue weighted by Crippen LogP contribution is -2.34. The first-order chi connectivity index (χ1) is 13.7. The van der Waals surface area contributed by atoms with Gasteiger partial charge in [-0.2, -0.15) is 0 Å². The third-order valence-electron chi connectivity index (χ3n) is 5.57. The number of carbonyl (C=O) groups excluding carboxylic acids is 1. The average Bonchev–Trinajstić information content (AvgIpc) is 3.09. The number of hydrogen-bond donors (Lipinski definition) is 4. The van der Waals surface area contributed by atoms with Gasteiger partial charge in [-0.25, -0.2) is 0 Å². The molecule has 1 aromatic heterocycles. The normalized spacial score (nSPS) is 17.0. The van der Waals surface area contributed by atoms with Crippen molar-refractivity contribution in [1.82, 2.24) is 4.98 Å². The summed E-state index contributed by atoms with van der Waals surface area (Å²) in [6, 6.07) is 10.6. The Morgan fingerprint density at radius 2 is 1.90 bits per heavy atom. The fourth-order valence-corrected chi connectivity index (χ4v) is 4.05. The fraction of sp³-hybridized carbons (Fsp3) is 0.318. The summed E-state index contributed by atoms with van der Waals surface area (Å²) < 4.78 is 5.59. The van der Waals surface area contributed by atoms with Crippen LogP contribution in [0, 0.1) is 0 Å². The van der Waals surface area contributed by atoms with Crippen LogP contribution in [0.5, 0.6) is 5.75 Å². The van der Waals surface area contributed by atoms with Crippen LogP contribution < -0.4 is 4.74 Å². The van der Waals surface area contributed by atoms with Crippen molar-refractivity contribution >= 4 is 28.3 Å². The van der Waals surface area contributed by atoms with Crippen LogP contribution in [0.1, 0.15) is 41.0 Å². The van der Waals surface area contributed by atoms with Gasteiger partial charge >= 0.3 is 0 Å². The van der Waals surface area contributed by atoms with Gasteiger partial charge in [-0.05, 0) is 42.0 Å². The summed E-state index contributed by atoms with van der Waals surface area (Å²) >= 11 is 6.16. The van der Waals surface area contributed by atoms with Crippen molar-refractivity contribution in [2.24, 2.45) is 0 Å². The first kappa shape index (κ1) is 19.9. The summed E-state index contributed by atoms with van der Waals surface area (Å²) in [4.78, 5) is 16.7. The molecule has 0 spiro atoms. The van der Waals surface area contributed by atoms with E-state index in [1.54, 1.807) is 30.3 Å². The molecule has 4 N–H and O–H groups in total. The van der Waals surface area contributed by atoms with E-state index >= 15 is 0 Å². The molecule has 1 aliphatic rings. The van der Waals surface area contributed by atoms with Crippen LogP contribution in [-0.4, -0.2) is 51.5 Å². The summed E-state index contributed by atoms with van der Waals surface area (Å²) in [7, 11) is 0. The van der Waals surface area contributed by atoms with Gasteiger partial charge in [0.15, 0.2) is 5.78 Å². The number of benzene rings is 2. The number of hydrogen-bond acceptors (Lipinski definition) is 5. The van der Waals surface area contributed by atoms with Crippen LogP contribution in [0.3, 0.4) is 0 Å².